The van der Waals surface area contributed by atoms with Crippen molar-refractivity contribution in [2.45, 2.75) is 6.61 Å². The molecule has 0 unspecified atom stereocenters. The first-order chi connectivity index (χ1) is 14.5. The van der Waals surface area contributed by atoms with Gasteiger partial charge in [-0.3, -0.25) is 0 Å². The molecule has 3 aromatic carbocycles. The molecule has 1 aliphatic heterocycles. The first kappa shape index (κ1) is 20.7. The summed E-state index contributed by atoms with van der Waals surface area (Å²) in [7, 11) is 0. The van der Waals surface area contributed by atoms with Gasteiger partial charge in [-0.1, -0.05) is 80.7 Å². The Bertz CT molecular complexity index is 1180. The van der Waals surface area contributed by atoms with E-state index in [1.807, 2.05) is 54.6 Å². The van der Waals surface area contributed by atoms with Crippen LogP contribution in [-0.4, -0.2) is 11.7 Å². The number of carbonyl (C=O) groups is 1. The molecular weight excluding hydrogens is 489 g/mol. The molecule has 0 saturated heterocycles. The van der Waals surface area contributed by atoms with Crippen LogP contribution >= 0.6 is 39.1 Å². The molecule has 30 heavy (non-hydrogen) atoms. The van der Waals surface area contributed by atoms with Crippen molar-refractivity contribution in [3.63, 3.8) is 0 Å². The van der Waals surface area contributed by atoms with Crippen LogP contribution in [0.15, 0.2) is 81.9 Å². The fourth-order valence-corrected chi connectivity index (χ4v) is 3.77. The normalized spacial score (nSPS) is 14.6. The summed E-state index contributed by atoms with van der Waals surface area (Å²) in [4.78, 5) is 17.3. The van der Waals surface area contributed by atoms with E-state index in [0.29, 0.717) is 32.6 Å². The smallest absolute Gasteiger partial charge is 0.368 e. The monoisotopic (exact) mass is 501 g/mol. The van der Waals surface area contributed by atoms with Crippen molar-refractivity contribution in [3.8, 4) is 5.75 Å². The molecule has 7 heteroatoms. The second-order valence-electron chi connectivity index (χ2n) is 6.45. The maximum absolute atomic E-state index is 12.3. The maximum atomic E-state index is 12.3. The van der Waals surface area contributed by atoms with Gasteiger partial charge < -0.3 is 9.57 Å². The van der Waals surface area contributed by atoms with E-state index >= 15 is 0 Å². The SMILES string of the molecule is O=C1ON=C(c2ccccc2)/C1=C/c1cc(Br)ccc1OCc1ccc(Cl)cc1Cl. The highest BCUT2D eigenvalue weighted by Crippen LogP contribution is 2.30. The van der Waals surface area contributed by atoms with Gasteiger partial charge in [-0.05, 0) is 36.4 Å². The Labute approximate surface area is 191 Å². The van der Waals surface area contributed by atoms with Crippen molar-refractivity contribution in [3.05, 3.63) is 104 Å². The van der Waals surface area contributed by atoms with Gasteiger partial charge >= 0.3 is 5.97 Å². The highest BCUT2D eigenvalue weighted by Gasteiger charge is 2.27. The van der Waals surface area contributed by atoms with Gasteiger partial charge in [0.15, 0.2) is 0 Å². The van der Waals surface area contributed by atoms with E-state index in [9.17, 15) is 4.79 Å². The summed E-state index contributed by atoms with van der Waals surface area (Å²) < 4.78 is 6.84. The predicted molar refractivity (Wildman–Crippen MR) is 122 cm³/mol. The molecule has 3 aromatic rings. The Hall–Kier alpha value is -2.60. The van der Waals surface area contributed by atoms with Gasteiger partial charge in [0.05, 0.1) is 5.57 Å². The zero-order chi connectivity index (χ0) is 21.1. The molecule has 1 aliphatic rings. The van der Waals surface area contributed by atoms with Gasteiger partial charge in [0.25, 0.3) is 0 Å². The quantitative estimate of drug-likeness (QED) is 0.289. The second-order valence-corrected chi connectivity index (χ2v) is 8.21. The first-order valence-electron chi connectivity index (χ1n) is 8.94. The van der Waals surface area contributed by atoms with E-state index in [1.165, 1.54) is 0 Å². The van der Waals surface area contributed by atoms with Crippen molar-refractivity contribution in [2.24, 2.45) is 5.16 Å². The number of rotatable bonds is 5. The number of halogens is 3. The third kappa shape index (κ3) is 4.59. The van der Waals surface area contributed by atoms with Crippen LogP contribution < -0.4 is 4.74 Å². The molecule has 0 amide bonds. The van der Waals surface area contributed by atoms with Gasteiger partial charge in [-0.2, -0.15) is 0 Å². The highest BCUT2D eigenvalue weighted by molar-refractivity contribution is 9.10. The Morgan fingerprint density at radius 1 is 1.03 bits per heavy atom. The largest absolute Gasteiger partial charge is 0.488 e. The topological polar surface area (TPSA) is 47.9 Å². The molecule has 0 spiro atoms. The Morgan fingerprint density at radius 2 is 1.83 bits per heavy atom. The number of hydrogen-bond donors (Lipinski definition) is 0. The Kier molecular flexibility index (Phi) is 6.23. The van der Waals surface area contributed by atoms with Crippen LogP contribution in [0.2, 0.25) is 10.0 Å². The van der Waals surface area contributed by atoms with Crippen LogP contribution in [0.3, 0.4) is 0 Å². The van der Waals surface area contributed by atoms with Crippen LogP contribution in [0, 0.1) is 0 Å². The molecule has 4 rings (SSSR count). The van der Waals surface area contributed by atoms with E-state index < -0.39 is 5.97 Å². The van der Waals surface area contributed by atoms with E-state index in [0.717, 1.165) is 15.6 Å². The molecule has 150 valence electrons. The molecule has 0 fully saturated rings. The number of ether oxygens (including phenoxy) is 1. The van der Waals surface area contributed by atoms with Crippen molar-refractivity contribution in [1.82, 2.24) is 0 Å². The summed E-state index contributed by atoms with van der Waals surface area (Å²) in [6.45, 7) is 0.248. The lowest BCUT2D eigenvalue weighted by Gasteiger charge is -2.12. The van der Waals surface area contributed by atoms with Crippen molar-refractivity contribution >= 4 is 56.9 Å². The molecule has 0 bridgehead atoms. The van der Waals surface area contributed by atoms with Crippen LogP contribution in [0.4, 0.5) is 0 Å². The summed E-state index contributed by atoms with van der Waals surface area (Å²) in [6, 6.07) is 20.2. The number of oxime groups is 1. The standard InChI is InChI=1S/C23H14BrCl2NO3/c24-17-7-9-21(29-13-15-6-8-18(25)12-20(15)26)16(10-17)11-19-22(27-30-23(19)28)14-4-2-1-3-5-14/h1-12H,13H2/b19-11-. The van der Waals surface area contributed by atoms with E-state index in [4.69, 9.17) is 32.8 Å². The Balaban J connectivity index is 1.66. The Morgan fingerprint density at radius 3 is 2.60 bits per heavy atom. The molecule has 0 aliphatic carbocycles. The minimum atomic E-state index is -0.513. The number of carbonyl (C=O) groups excluding carboxylic acids is 1. The molecule has 1 heterocycles. The van der Waals surface area contributed by atoms with Gasteiger partial charge in [-0.25, -0.2) is 4.79 Å². The van der Waals surface area contributed by atoms with Crippen LogP contribution in [0.5, 0.6) is 5.75 Å². The van der Waals surface area contributed by atoms with Crippen LogP contribution in [0.25, 0.3) is 6.08 Å². The lowest BCUT2D eigenvalue weighted by atomic mass is 10.0. The summed E-state index contributed by atoms with van der Waals surface area (Å²) in [6.07, 6.45) is 1.71. The molecule has 0 atom stereocenters. The lowest BCUT2D eigenvalue weighted by molar-refractivity contribution is -0.136. The lowest BCUT2D eigenvalue weighted by Crippen LogP contribution is -2.07. The zero-order valence-electron chi connectivity index (χ0n) is 15.4. The minimum absolute atomic E-state index is 0.248. The number of nitrogens with zero attached hydrogens (tertiary/aromatic N) is 1. The average molecular weight is 503 g/mol. The fraction of sp³-hybridized carbons (Fsp3) is 0.0435. The summed E-state index contributed by atoms with van der Waals surface area (Å²) in [5.74, 6) is 0.0735. The summed E-state index contributed by atoms with van der Waals surface area (Å²) >= 11 is 15.7. The van der Waals surface area contributed by atoms with Crippen molar-refractivity contribution < 1.29 is 14.4 Å². The van der Waals surface area contributed by atoms with E-state index in [2.05, 4.69) is 21.1 Å². The fourth-order valence-electron chi connectivity index (χ4n) is 2.93. The summed E-state index contributed by atoms with van der Waals surface area (Å²) in [5, 5.41) is 5.03. The number of benzene rings is 3. The third-order valence-electron chi connectivity index (χ3n) is 4.41. The van der Waals surface area contributed by atoms with E-state index in [-0.39, 0.29) is 6.61 Å². The van der Waals surface area contributed by atoms with Gasteiger partial charge in [0.2, 0.25) is 0 Å². The second kappa shape index (κ2) is 9.04. The van der Waals surface area contributed by atoms with Gasteiger partial charge in [-0.15, -0.1) is 0 Å². The highest BCUT2D eigenvalue weighted by atomic mass is 79.9. The third-order valence-corrected chi connectivity index (χ3v) is 5.49. The van der Waals surface area contributed by atoms with Crippen molar-refractivity contribution in [2.75, 3.05) is 0 Å². The molecule has 0 saturated carbocycles. The van der Waals surface area contributed by atoms with Gasteiger partial charge in [0.1, 0.15) is 18.1 Å². The molecular formula is C23H14BrCl2NO3. The number of hydrogen-bond acceptors (Lipinski definition) is 4. The van der Waals surface area contributed by atoms with Crippen LogP contribution in [-0.2, 0) is 16.2 Å². The predicted octanol–water partition coefficient (Wildman–Crippen LogP) is 6.68. The zero-order valence-corrected chi connectivity index (χ0v) is 18.5. The molecule has 0 N–H and O–H groups in total. The molecule has 0 radical (unpaired) electrons. The van der Waals surface area contributed by atoms with Gasteiger partial charge in [0, 0.05) is 31.2 Å². The van der Waals surface area contributed by atoms with Crippen molar-refractivity contribution in [1.29, 1.82) is 0 Å². The maximum Gasteiger partial charge on any atom is 0.368 e. The van der Waals surface area contributed by atoms with E-state index in [1.54, 1.807) is 18.2 Å². The summed E-state index contributed by atoms with van der Waals surface area (Å²) in [5.41, 5.74) is 3.13. The average Bonchev–Trinajstić information content (AvgIpc) is 3.09. The minimum Gasteiger partial charge on any atom is -0.488 e. The molecule has 4 nitrogen and oxygen atoms in total. The van der Waals surface area contributed by atoms with Crippen LogP contribution in [0.1, 0.15) is 16.7 Å². The molecule has 0 aromatic heterocycles. The first-order valence-corrected chi connectivity index (χ1v) is 10.5.